The highest BCUT2D eigenvalue weighted by Crippen LogP contribution is 2.26. The van der Waals surface area contributed by atoms with Gasteiger partial charge in [-0.3, -0.25) is 4.79 Å². The maximum absolute atomic E-state index is 12.8. The Morgan fingerprint density at radius 3 is 2.47 bits per heavy atom. The molecule has 0 aliphatic carbocycles. The average molecular weight is 448 g/mol. The van der Waals surface area contributed by atoms with Gasteiger partial charge in [0, 0.05) is 26.7 Å². The van der Waals surface area contributed by atoms with E-state index in [2.05, 4.69) is 4.98 Å². The number of nitrogens with zero attached hydrogens (tertiary/aromatic N) is 3. The number of fused-ring (bicyclic) bond motifs is 1. The molecule has 0 spiro atoms. The van der Waals surface area contributed by atoms with Crippen molar-refractivity contribution >= 4 is 38.8 Å². The van der Waals surface area contributed by atoms with Gasteiger partial charge < -0.3 is 9.32 Å². The summed E-state index contributed by atoms with van der Waals surface area (Å²) in [5.74, 6) is 0.165. The van der Waals surface area contributed by atoms with Crippen LogP contribution in [0.5, 0.6) is 0 Å². The maximum Gasteiger partial charge on any atom is 0.257 e. The van der Waals surface area contributed by atoms with Crippen molar-refractivity contribution in [2.75, 3.05) is 19.8 Å². The number of thioether (sulfide) groups is 1. The number of aromatic nitrogens is 1. The lowest BCUT2D eigenvalue weighted by Gasteiger charge is -2.26. The standard InChI is InChI=1S/C21H25N3O4S2/c1-15(2)24(13-16-8-6-5-7-9-16)20(25)14-29-21-22-18-12-17(10-11-19(18)28-21)30(26,27)23(3)4/h5-12,15H,13-14H2,1-4H3. The molecular formula is C21H25N3O4S2. The van der Waals surface area contributed by atoms with Crippen LogP contribution in [0.1, 0.15) is 19.4 Å². The van der Waals surface area contributed by atoms with E-state index >= 15 is 0 Å². The maximum atomic E-state index is 12.8. The normalized spacial score (nSPS) is 12.1. The third-order valence-electron chi connectivity index (χ3n) is 4.58. The molecule has 0 N–H and O–H groups in total. The molecule has 3 rings (SSSR count). The lowest BCUT2D eigenvalue weighted by Crippen LogP contribution is -2.37. The summed E-state index contributed by atoms with van der Waals surface area (Å²) in [5, 5.41) is 0.334. The molecule has 0 bridgehead atoms. The first-order chi connectivity index (χ1) is 14.2. The number of hydrogen-bond donors (Lipinski definition) is 0. The highest BCUT2D eigenvalue weighted by atomic mass is 32.2. The van der Waals surface area contributed by atoms with E-state index in [1.54, 1.807) is 6.07 Å². The predicted octanol–water partition coefficient (Wildman–Crippen LogP) is 3.61. The Morgan fingerprint density at radius 1 is 1.13 bits per heavy atom. The molecule has 160 valence electrons. The minimum Gasteiger partial charge on any atom is -0.431 e. The number of hydrogen-bond acceptors (Lipinski definition) is 6. The minimum atomic E-state index is -3.55. The second kappa shape index (κ2) is 9.20. The van der Waals surface area contributed by atoms with Crippen LogP contribution < -0.4 is 0 Å². The van der Waals surface area contributed by atoms with Gasteiger partial charge in [0.15, 0.2) is 5.58 Å². The summed E-state index contributed by atoms with van der Waals surface area (Å²) in [5.41, 5.74) is 1.99. The van der Waals surface area contributed by atoms with Crippen molar-refractivity contribution in [1.29, 1.82) is 0 Å². The topological polar surface area (TPSA) is 83.7 Å². The van der Waals surface area contributed by atoms with Crippen LogP contribution >= 0.6 is 11.8 Å². The molecule has 0 atom stereocenters. The average Bonchev–Trinajstić information content (AvgIpc) is 3.12. The third kappa shape index (κ3) is 5.03. The van der Waals surface area contributed by atoms with E-state index < -0.39 is 10.0 Å². The van der Waals surface area contributed by atoms with Gasteiger partial charge >= 0.3 is 0 Å². The Balaban J connectivity index is 1.72. The van der Waals surface area contributed by atoms with Crippen molar-refractivity contribution in [2.24, 2.45) is 0 Å². The first-order valence-corrected chi connectivity index (χ1v) is 11.9. The number of benzene rings is 2. The Hall–Kier alpha value is -2.36. The minimum absolute atomic E-state index is 0.0167. The lowest BCUT2D eigenvalue weighted by molar-refractivity contribution is -0.130. The number of sulfonamides is 1. The molecule has 0 radical (unpaired) electrons. The van der Waals surface area contributed by atoms with Crippen LogP contribution in [0, 0.1) is 0 Å². The second-order valence-corrected chi connectivity index (χ2v) is 10.4. The molecule has 1 aromatic heterocycles. The monoisotopic (exact) mass is 447 g/mol. The largest absolute Gasteiger partial charge is 0.431 e. The van der Waals surface area contributed by atoms with Crippen molar-refractivity contribution in [3.8, 4) is 0 Å². The molecule has 3 aromatic rings. The zero-order chi connectivity index (χ0) is 21.9. The first-order valence-electron chi connectivity index (χ1n) is 9.48. The Labute approximate surface area is 181 Å². The van der Waals surface area contributed by atoms with E-state index in [1.165, 1.54) is 38.0 Å². The molecule has 0 saturated carbocycles. The molecule has 7 nitrogen and oxygen atoms in total. The summed E-state index contributed by atoms with van der Waals surface area (Å²) >= 11 is 1.20. The number of oxazole rings is 1. The molecular weight excluding hydrogens is 422 g/mol. The molecule has 0 unspecified atom stereocenters. The molecule has 0 saturated heterocycles. The molecule has 0 fully saturated rings. The highest BCUT2D eigenvalue weighted by molar-refractivity contribution is 7.99. The van der Waals surface area contributed by atoms with E-state index in [-0.39, 0.29) is 22.6 Å². The summed E-state index contributed by atoms with van der Waals surface area (Å²) in [6.45, 7) is 4.51. The summed E-state index contributed by atoms with van der Waals surface area (Å²) in [6, 6.07) is 14.5. The van der Waals surface area contributed by atoms with Crippen molar-refractivity contribution in [2.45, 2.75) is 36.6 Å². The SMILES string of the molecule is CC(C)N(Cc1ccccc1)C(=O)CSc1nc2cc(S(=O)(=O)N(C)C)ccc2o1. The quantitative estimate of drug-likeness (QED) is 0.491. The molecule has 2 aromatic carbocycles. The van der Waals surface area contributed by atoms with Gasteiger partial charge in [0.1, 0.15) is 5.52 Å². The molecule has 30 heavy (non-hydrogen) atoms. The van der Waals surface area contributed by atoms with Crippen molar-refractivity contribution in [1.82, 2.24) is 14.2 Å². The Kier molecular flexibility index (Phi) is 6.84. The molecule has 1 heterocycles. The molecule has 0 aliphatic heterocycles. The molecule has 0 aliphatic rings. The van der Waals surface area contributed by atoms with Crippen LogP contribution in [0.25, 0.3) is 11.1 Å². The Morgan fingerprint density at radius 2 is 1.83 bits per heavy atom. The summed E-state index contributed by atoms with van der Waals surface area (Å²) in [6.07, 6.45) is 0. The predicted molar refractivity (Wildman–Crippen MR) is 118 cm³/mol. The van der Waals surface area contributed by atoms with Crippen LogP contribution in [0.3, 0.4) is 0 Å². The molecule has 9 heteroatoms. The molecule has 1 amide bonds. The van der Waals surface area contributed by atoms with Crippen molar-refractivity contribution in [3.63, 3.8) is 0 Å². The number of carbonyl (C=O) groups is 1. The van der Waals surface area contributed by atoms with Gasteiger partial charge in [-0.05, 0) is 37.6 Å². The zero-order valence-electron chi connectivity index (χ0n) is 17.4. The van der Waals surface area contributed by atoms with Gasteiger partial charge in [0.05, 0.1) is 10.6 Å². The number of rotatable bonds is 8. The lowest BCUT2D eigenvalue weighted by atomic mass is 10.2. The van der Waals surface area contributed by atoms with E-state index in [0.29, 0.717) is 22.9 Å². The van der Waals surface area contributed by atoms with Crippen LogP contribution in [-0.4, -0.2) is 54.4 Å². The van der Waals surface area contributed by atoms with Gasteiger partial charge in [-0.25, -0.2) is 17.7 Å². The van der Waals surface area contributed by atoms with E-state index in [0.717, 1.165) is 9.87 Å². The highest BCUT2D eigenvalue weighted by Gasteiger charge is 2.21. The van der Waals surface area contributed by atoms with E-state index in [9.17, 15) is 13.2 Å². The number of carbonyl (C=O) groups excluding carboxylic acids is 1. The first kappa shape index (κ1) is 22.3. The second-order valence-electron chi connectivity index (χ2n) is 7.29. The van der Waals surface area contributed by atoms with Gasteiger partial charge in [-0.15, -0.1) is 0 Å². The van der Waals surface area contributed by atoms with Crippen molar-refractivity contribution in [3.05, 3.63) is 54.1 Å². The number of amides is 1. The van der Waals surface area contributed by atoms with Gasteiger partial charge in [0.25, 0.3) is 5.22 Å². The zero-order valence-corrected chi connectivity index (χ0v) is 19.0. The van der Waals surface area contributed by atoms with Gasteiger partial charge in [-0.1, -0.05) is 42.1 Å². The summed E-state index contributed by atoms with van der Waals surface area (Å²) < 4.78 is 31.4. The van der Waals surface area contributed by atoms with Crippen LogP contribution in [0.15, 0.2) is 63.1 Å². The van der Waals surface area contributed by atoms with Crippen molar-refractivity contribution < 1.29 is 17.6 Å². The fraction of sp³-hybridized carbons (Fsp3) is 0.333. The van der Waals surface area contributed by atoms with E-state index in [1.807, 2.05) is 49.1 Å². The summed E-state index contributed by atoms with van der Waals surface area (Å²) in [7, 11) is -0.597. The summed E-state index contributed by atoms with van der Waals surface area (Å²) in [4.78, 5) is 19.1. The van der Waals surface area contributed by atoms with Crippen LogP contribution in [-0.2, 0) is 21.4 Å². The fourth-order valence-electron chi connectivity index (χ4n) is 2.86. The third-order valence-corrected chi connectivity index (χ3v) is 7.20. The fourth-order valence-corrected chi connectivity index (χ4v) is 4.51. The Bertz CT molecular complexity index is 1130. The van der Waals surface area contributed by atoms with Gasteiger partial charge in [-0.2, -0.15) is 0 Å². The van der Waals surface area contributed by atoms with Crippen LogP contribution in [0.4, 0.5) is 0 Å². The van der Waals surface area contributed by atoms with Gasteiger partial charge in [0.2, 0.25) is 15.9 Å². The van der Waals surface area contributed by atoms with Crippen LogP contribution in [0.2, 0.25) is 0 Å². The van der Waals surface area contributed by atoms with E-state index in [4.69, 9.17) is 4.42 Å². The smallest absolute Gasteiger partial charge is 0.257 e.